The molecule has 2 N–H and O–H groups in total. The van der Waals surface area contributed by atoms with E-state index in [4.69, 9.17) is 5.73 Å². The Morgan fingerprint density at radius 2 is 2.05 bits per heavy atom. The van der Waals surface area contributed by atoms with Gasteiger partial charge in [-0.1, -0.05) is 13.0 Å². The summed E-state index contributed by atoms with van der Waals surface area (Å²) in [5.74, 6) is -1.07. The average molecular weight is 264 g/mol. The predicted molar refractivity (Wildman–Crippen MR) is 71.9 cm³/mol. The van der Waals surface area contributed by atoms with Crippen molar-refractivity contribution in [3.05, 3.63) is 59.4 Å². The van der Waals surface area contributed by atoms with Gasteiger partial charge in [0.15, 0.2) is 0 Å². The third-order valence-corrected chi connectivity index (χ3v) is 3.20. The first-order valence-electron chi connectivity index (χ1n) is 6.42. The van der Waals surface area contributed by atoms with Crippen molar-refractivity contribution in [1.29, 1.82) is 0 Å². The van der Waals surface area contributed by atoms with Crippen LogP contribution in [0.3, 0.4) is 0 Å². The molecule has 1 aromatic heterocycles. The van der Waals surface area contributed by atoms with Gasteiger partial charge in [-0.25, -0.2) is 8.78 Å². The lowest BCUT2D eigenvalue weighted by atomic mass is 10.1. The minimum atomic E-state index is -0.552. The van der Waals surface area contributed by atoms with E-state index in [0.29, 0.717) is 12.1 Å². The molecule has 19 heavy (non-hydrogen) atoms. The molecule has 1 unspecified atom stereocenters. The van der Waals surface area contributed by atoms with Crippen LogP contribution in [-0.4, -0.2) is 10.6 Å². The molecule has 0 saturated carbocycles. The van der Waals surface area contributed by atoms with Gasteiger partial charge in [-0.3, -0.25) is 0 Å². The third kappa shape index (κ3) is 3.64. The van der Waals surface area contributed by atoms with Crippen molar-refractivity contribution in [2.24, 2.45) is 5.73 Å². The van der Waals surface area contributed by atoms with Crippen LogP contribution in [0.4, 0.5) is 8.78 Å². The molecule has 0 saturated heterocycles. The monoisotopic (exact) mass is 264 g/mol. The van der Waals surface area contributed by atoms with Crippen molar-refractivity contribution in [3.63, 3.8) is 0 Å². The minimum Gasteiger partial charge on any atom is -0.350 e. The lowest BCUT2D eigenvalue weighted by molar-refractivity contribution is 0.566. The molecular formula is C15H18F2N2. The highest BCUT2D eigenvalue weighted by atomic mass is 19.1. The van der Waals surface area contributed by atoms with Gasteiger partial charge in [-0.05, 0) is 30.5 Å². The smallest absolute Gasteiger partial charge is 0.131 e. The zero-order chi connectivity index (χ0) is 13.8. The summed E-state index contributed by atoms with van der Waals surface area (Å²) >= 11 is 0. The summed E-state index contributed by atoms with van der Waals surface area (Å²) in [7, 11) is 0. The second-order valence-electron chi connectivity index (χ2n) is 4.80. The van der Waals surface area contributed by atoms with Crippen LogP contribution in [0.5, 0.6) is 0 Å². The number of halogens is 2. The van der Waals surface area contributed by atoms with Crippen LogP contribution in [0.25, 0.3) is 0 Å². The van der Waals surface area contributed by atoms with Gasteiger partial charge in [0.25, 0.3) is 0 Å². The summed E-state index contributed by atoms with van der Waals surface area (Å²) in [6.45, 7) is 2.45. The number of hydrogen-bond acceptors (Lipinski definition) is 1. The van der Waals surface area contributed by atoms with Gasteiger partial charge in [-0.2, -0.15) is 0 Å². The number of nitrogens with two attached hydrogens (primary N) is 1. The molecule has 2 nitrogen and oxygen atoms in total. The van der Waals surface area contributed by atoms with Crippen LogP contribution < -0.4 is 5.73 Å². The number of nitrogens with zero attached hydrogens (tertiary/aromatic N) is 1. The molecule has 0 radical (unpaired) electrons. The Morgan fingerprint density at radius 3 is 2.74 bits per heavy atom. The number of benzene rings is 1. The molecule has 2 rings (SSSR count). The molecule has 0 aliphatic carbocycles. The van der Waals surface area contributed by atoms with Gasteiger partial charge in [-0.15, -0.1) is 0 Å². The SMILES string of the molecule is CCC(N)Cc1ccn(Cc2ccc(F)cc2F)c1. The van der Waals surface area contributed by atoms with Crippen molar-refractivity contribution in [2.45, 2.75) is 32.4 Å². The Labute approximate surface area is 111 Å². The summed E-state index contributed by atoms with van der Waals surface area (Å²) < 4.78 is 28.2. The molecule has 0 amide bonds. The maximum Gasteiger partial charge on any atom is 0.131 e. The normalized spacial score (nSPS) is 12.6. The van der Waals surface area contributed by atoms with E-state index in [9.17, 15) is 8.78 Å². The van der Waals surface area contributed by atoms with Crippen molar-refractivity contribution < 1.29 is 8.78 Å². The van der Waals surface area contributed by atoms with Crippen LogP contribution in [-0.2, 0) is 13.0 Å². The van der Waals surface area contributed by atoms with Gasteiger partial charge in [0, 0.05) is 36.6 Å². The highest BCUT2D eigenvalue weighted by molar-refractivity contribution is 5.20. The standard InChI is InChI=1S/C15H18F2N2/c1-2-14(18)7-11-5-6-19(9-11)10-12-3-4-13(16)8-15(12)17/h3-6,8-9,14H,2,7,10,18H2,1H3. The number of hydrogen-bond donors (Lipinski definition) is 1. The maximum atomic E-state index is 13.5. The lowest BCUT2D eigenvalue weighted by Crippen LogP contribution is -2.21. The fourth-order valence-corrected chi connectivity index (χ4v) is 2.00. The van der Waals surface area contributed by atoms with E-state index < -0.39 is 11.6 Å². The van der Waals surface area contributed by atoms with Crippen molar-refractivity contribution in [1.82, 2.24) is 4.57 Å². The minimum absolute atomic E-state index is 0.151. The first-order valence-corrected chi connectivity index (χ1v) is 6.42. The van der Waals surface area contributed by atoms with E-state index in [1.54, 1.807) is 0 Å². The Kier molecular flexibility index (Phi) is 4.32. The molecule has 1 heterocycles. The van der Waals surface area contributed by atoms with E-state index in [2.05, 4.69) is 6.92 Å². The molecular weight excluding hydrogens is 246 g/mol. The highest BCUT2D eigenvalue weighted by Crippen LogP contribution is 2.13. The van der Waals surface area contributed by atoms with Crippen molar-refractivity contribution >= 4 is 0 Å². The summed E-state index contributed by atoms with van der Waals surface area (Å²) in [6.07, 6.45) is 5.59. The van der Waals surface area contributed by atoms with Crippen molar-refractivity contribution in [2.75, 3.05) is 0 Å². The maximum absolute atomic E-state index is 13.5. The fourth-order valence-electron chi connectivity index (χ4n) is 2.00. The second kappa shape index (κ2) is 5.97. The predicted octanol–water partition coefficient (Wildman–Crippen LogP) is 3.09. The lowest BCUT2D eigenvalue weighted by Gasteiger charge is -2.07. The number of rotatable bonds is 5. The largest absolute Gasteiger partial charge is 0.350 e. The Hall–Kier alpha value is -1.68. The Morgan fingerprint density at radius 1 is 1.26 bits per heavy atom. The summed E-state index contributed by atoms with van der Waals surface area (Å²) in [4.78, 5) is 0. The molecule has 4 heteroatoms. The van der Waals surface area contributed by atoms with Gasteiger partial charge in [0.1, 0.15) is 11.6 Å². The van der Waals surface area contributed by atoms with Crippen LogP contribution in [0, 0.1) is 11.6 Å². The van der Waals surface area contributed by atoms with E-state index >= 15 is 0 Å². The third-order valence-electron chi connectivity index (χ3n) is 3.20. The molecule has 102 valence electrons. The summed E-state index contributed by atoms with van der Waals surface area (Å²) in [6, 6.07) is 5.79. The quantitative estimate of drug-likeness (QED) is 0.884. The topological polar surface area (TPSA) is 30.9 Å². The average Bonchev–Trinajstić information content (AvgIpc) is 2.80. The molecule has 1 aromatic carbocycles. The van der Waals surface area contributed by atoms with Crippen LogP contribution in [0.15, 0.2) is 36.7 Å². The first-order chi connectivity index (χ1) is 9.08. The van der Waals surface area contributed by atoms with Gasteiger partial charge in [0.05, 0.1) is 0 Å². The first kappa shape index (κ1) is 13.7. The van der Waals surface area contributed by atoms with Crippen LogP contribution >= 0.6 is 0 Å². The van der Waals surface area contributed by atoms with Gasteiger partial charge < -0.3 is 10.3 Å². The Balaban J connectivity index is 2.07. The van der Waals surface area contributed by atoms with Gasteiger partial charge in [0.2, 0.25) is 0 Å². The zero-order valence-electron chi connectivity index (χ0n) is 10.9. The molecule has 0 fully saturated rings. The molecule has 1 atom stereocenters. The molecule has 0 aliphatic heterocycles. The van der Waals surface area contributed by atoms with Crippen LogP contribution in [0.1, 0.15) is 24.5 Å². The summed E-state index contributed by atoms with van der Waals surface area (Å²) in [5, 5.41) is 0. The van der Waals surface area contributed by atoms with E-state index in [-0.39, 0.29) is 6.04 Å². The summed E-state index contributed by atoms with van der Waals surface area (Å²) in [5.41, 5.74) is 7.51. The molecule has 0 bridgehead atoms. The second-order valence-corrected chi connectivity index (χ2v) is 4.80. The molecule has 2 aromatic rings. The molecule has 0 spiro atoms. The van der Waals surface area contributed by atoms with E-state index in [0.717, 1.165) is 24.5 Å². The van der Waals surface area contributed by atoms with E-state index in [1.807, 2.05) is 23.0 Å². The number of aromatic nitrogens is 1. The van der Waals surface area contributed by atoms with Crippen LogP contribution in [0.2, 0.25) is 0 Å². The Bertz CT molecular complexity index is 549. The van der Waals surface area contributed by atoms with Gasteiger partial charge >= 0.3 is 0 Å². The highest BCUT2D eigenvalue weighted by Gasteiger charge is 2.06. The zero-order valence-corrected chi connectivity index (χ0v) is 10.9. The van der Waals surface area contributed by atoms with Crippen molar-refractivity contribution in [3.8, 4) is 0 Å². The van der Waals surface area contributed by atoms with E-state index in [1.165, 1.54) is 12.1 Å². The fraction of sp³-hybridized carbons (Fsp3) is 0.333. The molecule has 0 aliphatic rings.